The Kier molecular flexibility index (Phi) is 5.93. The second-order valence-corrected chi connectivity index (χ2v) is 11.2. The summed E-state index contributed by atoms with van der Waals surface area (Å²) in [5.74, 6) is 2.79. The van der Waals surface area contributed by atoms with Crippen molar-refractivity contribution in [3.05, 3.63) is 12.2 Å². The molecule has 4 heteroatoms. The van der Waals surface area contributed by atoms with Gasteiger partial charge < -0.3 is 9.84 Å². The zero-order chi connectivity index (χ0) is 21.6. The zero-order valence-corrected chi connectivity index (χ0v) is 19.1. The second kappa shape index (κ2) is 8.07. The van der Waals surface area contributed by atoms with Gasteiger partial charge in [-0.3, -0.25) is 9.59 Å². The van der Waals surface area contributed by atoms with E-state index in [4.69, 9.17) is 4.74 Å². The summed E-state index contributed by atoms with van der Waals surface area (Å²) in [6.45, 7) is 6.99. The number of carbonyl (C=O) groups is 2. The van der Waals surface area contributed by atoms with E-state index in [9.17, 15) is 14.7 Å². The Morgan fingerprint density at radius 2 is 1.90 bits per heavy atom. The van der Waals surface area contributed by atoms with E-state index in [0.29, 0.717) is 41.3 Å². The molecule has 4 nitrogen and oxygen atoms in total. The van der Waals surface area contributed by atoms with E-state index in [0.717, 1.165) is 44.9 Å². The van der Waals surface area contributed by atoms with Crippen molar-refractivity contribution in [3.63, 3.8) is 0 Å². The molecule has 0 saturated heterocycles. The van der Waals surface area contributed by atoms with Gasteiger partial charge in [-0.25, -0.2) is 0 Å². The van der Waals surface area contributed by atoms with Crippen LogP contribution in [0.4, 0.5) is 0 Å². The number of fused-ring (bicyclic) bond motifs is 5. The lowest BCUT2D eigenvalue weighted by Crippen LogP contribution is -2.56. The average Bonchev–Trinajstić information content (AvgIpc) is 2.97. The molecule has 4 fully saturated rings. The third-order valence-electron chi connectivity index (χ3n) is 9.89. The van der Waals surface area contributed by atoms with Crippen LogP contribution in [0.2, 0.25) is 0 Å². The highest BCUT2D eigenvalue weighted by molar-refractivity contribution is 5.79. The molecule has 0 heterocycles. The summed E-state index contributed by atoms with van der Waals surface area (Å²) in [5.41, 5.74) is -0.603. The van der Waals surface area contributed by atoms with Crippen molar-refractivity contribution in [1.82, 2.24) is 0 Å². The number of ketones is 1. The Morgan fingerprint density at radius 3 is 2.67 bits per heavy atom. The summed E-state index contributed by atoms with van der Waals surface area (Å²) in [6, 6.07) is 0. The monoisotopic (exact) mass is 416 g/mol. The number of ether oxygens (including phenoxy) is 1. The number of rotatable bonds is 5. The smallest absolute Gasteiger partial charge is 0.306 e. The van der Waals surface area contributed by atoms with Gasteiger partial charge in [0.15, 0.2) is 0 Å². The molecule has 168 valence electrons. The highest BCUT2D eigenvalue weighted by Crippen LogP contribution is 2.68. The fourth-order valence-electron chi connectivity index (χ4n) is 8.03. The molecule has 0 aromatic carbocycles. The maximum atomic E-state index is 12.1. The van der Waals surface area contributed by atoms with Gasteiger partial charge in [0.1, 0.15) is 12.4 Å². The molecular formula is C26H40O4. The summed E-state index contributed by atoms with van der Waals surface area (Å²) in [4.78, 5) is 23.7. The van der Waals surface area contributed by atoms with Gasteiger partial charge in [-0.15, -0.1) is 0 Å². The van der Waals surface area contributed by atoms with E-state index in [1.165, 1.54) is 19.3 Å². The van der Waals surface area contributed by atoms with Crippen molar-refractivity contribution in [3.8, 4) is 0 Å². The first-order valence-electron chi connectivity index (χ1n) is 12.3. The number of aliphatic hydroxyl groups is 1. The van der Waals surface area contributed by atoms with Gasteiger partial charge in [0.25, 0.3) is 0 Å². The number of hydrogen-bond acceptors (Lipinski definition) is 4. The predicted molar refractivity (Wildman–Crippen MR) is 117 cm³/mol. The zero-order valence-electron chi connectivity index (χ0n) is 19.1. The van der Waals surface area contributed by atoms with Crippen LogP contribution >= 0.6 is 0 Å². The summed E-state index contributed by atoms with van der Waals surface area (Å²) >= 11 is 0. The molecule has 7 atom stereocenters. The Morgan fingerprint density at radius 1 is 1.13 bits per heavy atom. The van der Waals surface area contributed by atoms with Crippen LogP contribution in [0.15, 0.2) is 12.2 Å². The number of hydrogen-bond donors (Lipinski definition) is 1. The van der Waals surface area contributed by atoms with E-state index in [-0.39, 0.29) is 18.0 Å². The molecule has 0 aromatic heterocycles. The number of esters is 1. The van der Waals surface area contributed by atoms with Crippen LogP contribution in [-0.4, -0.2) is 29.1 Å². The topological polar surface area (TPSA) is 63.6 Å². The van der Waals surface area contributed by atoms with Crippen molar-refractivity contribution >= 4 is 11.8 Å². The molecular weight excluding hydrogens is 376 g/mol. The highest BCUT2D eigenvalue weighted by Gasteiger charge is 2.63. The third-order valence-corrected chi connectivity index (χ3v) is 9.89. The van der Waals surface area contributed by atoms with Crippen molar-refractivity contribution in [2.45, 2.75) is 97.0 Å². The lowest BCUT2D eigenvalue weighted by molar-refractivity contribution is -0.148. The minimum absolute atomic E-state index is 0.105. The molecule has 0 spiro atoms. The van der Waals surface area contributed by atoms with E-state index in [1.54, 1.807) is 0 Å². The van der Waals surface area contributed by atoms with E-state index < -0.39 is 5.60 Å². The predicted octanol–water partition coefficient (Wildman–Crippen LogP) is 5.23. The molecule has 4 saturated carbocycles. The Labute approximate surface area is 181 Å². The van der Waals surface area contributed by atoms with Gasteiger partial charge in [0, 0.05) is 24.7 Å². The van der Waals surface area contributed by atoms with Crippen LogP contribution in [0.3, 0.4) is 0 Å². The second-order valence-electron chi connectivity index (χ2n) is 11.2. The fraction of sp³-hybridized carbons (Fsp3) is 0.846. The summed E-state index contributed by atoms with van der Waals surface area (Å²) < 4.78 is 5.26. The highest BCUT2D eigenvalue weighted by atomic mass is 16.5. The van der Waals surface area contributed by atoms with Gasteiger partial charge in [0.05, 0.1) is 5.60 Å². The average molecular weight is 417 g/mol. The molecule has 0 aliphatic heterocycles. The summed E-state index contributed by atoms with van der Waals surface area (Å²) in [6.07, 6.45) is 14.2. The van der Waals surface area contributed by atoms with Crippen LogP contribution < -0.4 is 0 Å². The molecule has 4 aliphatic carbocycles. The molecule has 30 heavy (non-hydrogen) atoms. The van der Waals surface area contributed by atoms with E-state index in [2.05, 4.69) is 13.8 Å². The molecule has 1 N–H and O–H groups in total. The molecule has 0 radical (unpaired) electrons. The molecule has 4 aliphatic rings. The lowest BCUT2D eigenvalue weighted by atomic mass is 9.44. The van der Waals surface area contributed by atoms with Gasteiger partial charge in [-0.1, -0.05) is 26.8 Å². The third kappa shape index (κ3) is 3.47. The van der Waals surface area contributed by atoms with E-state index >= 15 is 0 Å². The van der Waals surface area contributed by atoms with Gasteiger partial charge in [-0.05, 0) is 86.5 Å². The largest absolute Gasteiger partial charge is 0.461 e. The first-order chi connectivity index (χ1) is 14.2. The Balaban J connectivity index is 1.47. The Bertz CT molecular complexity index is 714. The molecule has 4 rings (SSSR count). The molecule has 0 aromatic rings. The van der Waals surface area contributed by atoms with Crippen molar-refractivity contribution < 1.29 is 19.4 Å². The molecule has 0 amide bonds. The maximum Gasteiger partial charge on any atom is 0.306 e. The van der Waals surface area contributed by atoms with Crippen LogP contribution in [0.1, 0.15) is 91.4 Å². The summed E-state index contributed by atoms with van der Waals surface area (Å²) in [5, 5.41) is 11.7. The number of Topliss-reactive ketones (excluding diaryl/α,β-unsaturated/α-hetero) is 1. The Hall–Kier alpha value is -1.16. The standard InChI is InChI=1S/C26H40O4/c1-4-6-23(28)30-16-5-12-26(29)15-11-22-20-8-7-18-17-19(27)9-13-24(18,2)21(20)10-14-25(22,26)3/h5,12,18,20-22,29H,4,6-11,13-17H2,1-3H3/b12-5-/t18-,20+,21-,22-,24-,25-,26-/m0/s1. The number of carbonyl (C=O) groups excluding carboxylic acids is 2. The van der Waals surface area contributed by atoms with Crippen molar-refractivity contribution in [2.75, 3.05) is 6.61 Å². The maximum absolute atomic E-state index is 12.1. The van der Waals surface area contributed by atoms with Gasteiger partial charge >= 0.3 is 5.97 Å². The van der Waals surface area contributed by atoms with Gasteiger partial charge in [0.2, 0.25) is 0 Å². The van der Waals surface area contributed by atoms with Gasteiger partial charge in [-0.2, -0.15) is 0 Å². The quantitative estimate of drug-likeness (QED) is 0.492. The van der Waals surface area contributed by atoms with Crippen molar-refractivity contribution in [1.29, 1.82) is 0 Å². The first-order valence-corrected chi connectivity index (χ1v) is 12.3. The van der Waals surface area contributed by atoms with Crippen LogP contribution in [0.5, 0.6) is 0 Å². The van der Waals surface area contributed by atoms with Crippen LogP contribution in [-0.2, 0) is 14.3 Å². The molecule has 0 unspecified atom stereocenters. The minimum Gasteiger partial charge on any atom is -0.461 e. The van der Waals surface area contributed by atoms with Crippen molar-refractivity contribution in [2.24, 2.45) is 34.5 Å². The lowest BCUT2D eigenvalue weighted by Gasteiger charge is -2.60. The SMILES string of the molecule is CCCC(=O)OC/C=C\[C@]1(O)CC[C@H]2[C@@H]3CC[C@H]4CC(=O)CC[C@]4(C)[C@H]3CC[C@@]21C. The van der Waals surface area contributed by atoms with E-state index in [1.807, 2.05) is 19.1 Å². The minimum atomic E-state index is -0.805. The summed E-state index contributed by atoms with van der Waals surface area (Å²) in [7, 11) is 0. The van der Waals surface area contributed by atoms with Crippen LogP contribution in [0.25, 0.3) is 0 Å². The molecule has 0 bridgehead atoms. The fourth-order valence-corrected chi connectivity index (χ4v) is 8.03. The normalized spacial score (nSPS) is 45.7. The van der Waals surface area contributed by atoms with Crippen LogP contribution in [0, 0.1) is 34.5 Å². The first kappa shape index (κ1) is 22.0.